The molecule has 0 radical (unpaired) electrons. The van der Waals surface area contributed by atoms with Crippen LogP contribution in [-0.2, 0) is 16.4 Å². The van der Waals surface area contributed by atoms with E-state index < -0.39 is 7.82 Å². The van der Waals surface area contributed by atoms with Gasteiger partial charge in [0.1, 0.15) is 11.5 Å². The van der Waals surface area contributed by atoms with Crippen LogP contribution in [0.3, 0.4) is 0 Å². The van der Waals surface area contributed by atoms with Gasteiger partial charge < -0.3 is 9.05 Å². The molecule has 168 valence electrons. The molecule has 0 bridgehead atoms. The van der Waals surface area contributed by atoms with Gasteiger partial charge in [0.25, 0.3) is 0 Å². The minimum Gasteiger partial charge on any atom is -0.395 e. The average molecular weight is 458 g/mol. The summed E-state index contributed by atoms with van der Waals surface area (Å²) in [4.78, 5) is 10.2. The van der Waals surface area contributed by atoms with Gasteiger partial charge >= 0.3 is 7.82 Å². The molecule has 0 aliphatic rings. The lowest BCUT2D eigenvalue weighted by Gasteiger charge is -2.26. The summed E-state index contributed by atoms with van der Waals surface area (Å²) in [5, 5.41) is 0. The van der Waals surface area contributed by atoms with Crippen molar-refractivity contribution in [2.45, 2.75) is 25.7 Å². The first-order valence-corrected chi connectivity index (χ1v) is 12.3. The van der Waals surface area contributed by atoms with Gasteiger partial charge in [0.05, 0.1) is 0 Å². The van der Waals surface area contributed by atoms with Crippen molar-refractivity contribution in [3.05, 3.63) is 131 Å². The van der Waals surface area contributed by atoms with Crippen LogP contribution in [0.15, 0.2) is 109 Å². The number of phosphoric ester groups is 1. The molecule has 0 saturated heterocycles. The lowest BCUT2D eigenvalue weighted by molar-refractivity contribution is 0.291. The van der Waals surface area contributed by atoms with Gasteiger partial charge in [0.15, 0.2) is 0 Å². The lowest BCUT2D eigenvalue weighted by Crippen LogP contribution is -2.18. The first-order chi connectivity index (χ1) is 15.8. The Kier molecular flexibility index (Phi) is 6.69. The predicted molar refractivity (Wildman–Crippen MR) is 132 cm³/mol. The molecule has 0 amide bonds. The molecule has 1 unspecified atom stereocenters. The first kappa shape index (κ1) is 22.8. The molecule has 0 fully saturated rings. The van der Waals surface area contributed by atoms with Gasteiger partial charge in [0, 0.05) is 5.41 Å². The quantitative estimate of drug-likeness (QED) is 0.285. The van der Waals surface area contributed by atoms with Gasteiger partial charge in [-0.1, -0.05) is 98.8 Å². The fraction of sp³-hybridized carbons (Fsp3) is 0.143. The minimum atomic E-state index is -4.33. The van der Waals surface area contributed by atoms with Crippen LogP contribution < -0.4 is 9.05 Å². The number of hydrogen-bond acceptors (Lipinski definition) is 3. The third kappa shape index (κ3) is 5.92. The Labute approximate surface area is 195 Å². The van der Waals surface area contributed by atoms with E-state index in [2.05, 4.69) is 38.1 Å². The fourth-order valence-corrected chi connectivity index (χ4v) is 4.55. The Morgan fingerprint density at radius 2 is 1.06 bits per heavy atom. The topological polar surface area (TPSA) is 55.8 Å². The predicted octanol–water partition coefficient (Wildman–Crippen LogP) is 7.16. The van der Waals surface area contributed by atoms with Crippen LogP contribution in [0.2, 0.25) is 0 Å². The summed E-state index contributed by atoms with van der Waals surface area (Å²) in [6, 6.07) is 34.6. The number of hydrogen-bond donors (Lipinski definition) is 1. The maximum absolute atomic E-state index is 12.5. The lowest BCUT2D eigenvalue weighted by atomic mass is 9.78. The van der Waals surface area contributed by atoms with Crippen LogP contribution in [0.4, 0.5) is 0 Å². The molecule has 33 heavy (non-hydrogen) atoms. The molecule has 0 spiro atoms. The maximum Gasteiger partial charge on any atom is 0.584 e. The van der Waals surface area contributed by atoms with Crippen molar-refractivity contribution in [1.82, 2.24) is 0 Å². The molecule has 0 heterocycles. The Morgan fingerprint density at radius 3 is 1.61 bits per heavy atom. The van der Waals surface area contributed by atoms with Gasteiger partial charge in [-0.25, -0.2) is 4.57 Å². The third-order valence-electron chi connectivity index (χ3n) is 5.69. The van der Waals surface area contributed by atoms with E-state index in [9.17, 15) is 9.46 Å². The number of phosphoric acid groups is 1. The molecule has 4 aromatic rings. The summed E-state index contributed by atoms with van der Waals surface area (Å²) < 4.78 is 23.1. The highest BCUT2D eigenvalue weighted by Crippen LogP contribution is 2.45. The molecule has 4 nitrogen and oxygen atoms in total. The van der Waals surface area contributed by atoms with Crippen LogP contribution in [0.1, 0.15) is 36.1 Å². The molecular weight excluding hydrogens is 431 g/mol. The highest BCUT2D eigenvalue weighted by atomic mass is 31.2. The fourth-order valence-electron chi connectivity index (χ4n) is 3.74. The Balaban J connectivity index is 1.40. The van der Waals surface area contributed by atoms with Gasteiger partial charge in [-0.15, -0.1) is 0 Å². The molecule has 0 aliphatic carbocycles. The van der Waals surface area contributed by atoms with E-state index in [1.807, 2.05) is 60.7 Å². The van der Waals surface area contributed by atoms with Crippen molar-refractivity contribution >= 4 is 7.82 Å². The number of rotatable bonds is 8. The van der Waals surface area contributed by atoms with E-state index >= 15 is 0 Å². The van der Waals surface area contributed by atoms with E-state index in [1.54, 1.807) is 24.3 Å². The molecule has 0 saturated carbocycles. The van der Waals surface area contributed by atoms with E-state index in [1.165, 1.54) is 11.1 Å². The Morgan fingerprint density at radius 1 is 0.636 bits per heavy atom. The second kappa shape index (κ2) is 9.66. The zero-order valence-corrected chi connectivity index (χ0v) is 19.6. The monoisotopic (exact) mass is 458 g/mol. The zero-order valence-electron chi connectivity index (χ0n) is 18.7. The summed E-state index contributed by atoms with van der Waals surface area (Å²) in [6.45, 7) is 4.28. The highest BCUT2D eigenvalue weighted by molar-refractivity contribution is 7.48. The molecule has 0 aliphatic heterocycles. The van der Waals surface area contributed by atoms with Crippen molar-refractivity contribution in [2.24, 2.45) is 0 Å². The number of benzene rings is 4. The van der Waals surface area contributed by atoms with Gasteiger partial charge in [-0.2, -0.15) is 0 Å². The molecule has 1 atom stereocenters. The van der Waals surface area contributed by atoms with Crippen molar-refractivity contribution < 1.29 is 18.5 Å². The SMILES string of the molecule is CC(C)(c1ccccc1)c1ccc(OP(=O)(O)Oc2ccc(Cc3ccccc3)cc2)cc1. The van der Waals surface area contributed by atoms with Crippen LogP contribution >= 0.6 is 7.82 Å². The largest absolute Gasteiger partial charge is 0.584 e. The van der Waals surface area contributed by atoms with Crippen molar-refractivity contribution in [3.8, 4) is 11.5 Å². The smallest absolute Gasteiger partial charge is 0.395 e. The van der Waals surface area contributed by atoms with E-state index in [0.717, 1.165) is 17.5 Å². The summed E-state index contributed by atoms with van der Waals surface area (Å²) in [7, 11) is -4.33. The minimum absolute atomic E-state index is 0.208. The van der Waals surface area contributed by atoms with E-state index in [-0.39, 0.29) is 16.9 Å². The van der Waals surface area contributed by atoms with E-state index in [0.29, 0.717) is 0 Å². The normalized spacial score (nSPS) is 13.2. The Bertz CT molecular complexity index is 1220. The van der Waals surface area contributed by atoms with Crippen LogP contribution in [0.5, 0.6) is 11.5 Å². The van der Waals surface area contributed by atoms with Crippen LogP contribution in [0.25, 0.3) is 0 Å². The third-order valence-corrected chi connectivity index (χ3v) is 6.57. The van der Waals surface area contributed by atoms with Gasteiger partial charge in [0.2, 0.25) is 0 Å². The van der Waals surface area contributed by atoms with Crippen molar-refractivity contribution in [3.63, 3.8) is 0 Å². The second-order valence-corrected chi connectivity index (χ2v) is 9.78. The average Bonchev–Trinajstić information content (AvgIpc) is 2.81. The van der Waals surface area contributed by atoms with Crippen molar-refractivity contribution in [2.75, 3.05) is 0 Å². The molecule has 1 N–H and O–H groups in total. The Hall–Kier alpha value is -3.33. The van der Waals surface area contributed by atoms with Crippen molar-refractivity contribution in [1.29, 1.82) is 0 Å². The zero-order chi connectivity index (χ0) is 23.3. The molecule has 4 rings (SSSR count). The van der Waals surface area contributed by atoms with E-state index in [4.69, 9.17) is 9.05 Å². The summed E-state index contributed by atoms with van der Waals surface area (Å²) in [5.41, 5.74) is 4.33. The summed E-state index contributed by atoms with van der Waals surface area (Å²) in [6.07, 6.45) is 0.778. The molecule has 0 aromatic heterocycles. The van der Waals surface area contributed by atoms with Crippen LogP contribution in [0, 0.1) is 0 Å². The summed E-state index contributed by atoms with van der Waals surface area (Å²) >= 11 is 0. The molecule has 4 aromatic carbocycles. The van der Waals surface area contributed by atoms with Crippen LogP contribution in [-0.4, -0.2) is 4.89 Å². The highest BCUT2D eigenvalue weighted by Gasteiger charge is 2.26. The molecule has 5 heteroatoms. The van der Waals surface area contributed by atoms with Gasteiger partial charge in [-0.3, -0.25) is 4.89 Å². The van der Waals surface area contributed by atoms with Gasteiger partial charge in [-0.05, 0) is 52.9 Å². The maximum atomic E-state index is 12.5. The first-order valence-electron chi connectivity index (χ1n) is 10.8. The second-order valence-electron chi connectivity index (χ2n) is 8.47. The molecular formula is C28H27O4P. The standard InChI is InChI=1S/C28H27O4P/c1-28(2,24-11-7-4-8-12-24)25-15-19-27(20-16-25)32-33(29,30)31-26-17-13-23(14-18-26)21-22-9-5-3-6-10-22/h3-20H,21H2,1-2H3,(H,29,30). The summed E-state index contributed by atoms with van der Waals surface area (Å²) in [5.74, 6) is 0.550.